The molecule has 6 nitrogen and oxygen atoms in total. The minimum absolute atomic E-state index is 0.112. The summed E-state index contributed by atoms with van der Waals surface area (Å²) in [5.74, 6) is -0.980. The van der Waals surface area contributed by atoms with Gasteiger partial charge in [0.25, 0.3) is 0 Å². The molecule has 0 N–H and O–H groups in total. The van der Waals surface area contributed by atoms with Crippen molar-refractivity contribution >= 4 is 17.9 Å². The Kier molecular flexibility index (Phi) is 62.5. The summed E-state index contributed by atoms with van der Waals surface area (Å²) in [6.07, 6.45) is 100. The topological polar surface area (TPSA) is 78.9 Å². The molecule has 0 amide bonds. The number of ether oxygens (including phenoxy) is 3. The van der Waals surface area contributed by atoms with Crippen molar-refractivity contribution in [2.24, 2.45) is 0 Å². The Morgan fingerprint density at radius 3 is 0.704 bits per heavy atom. The molecule has 0 aliphatic carbocycles. The van der Waals surface area contributed by atoms with E-state index in [9.17, 15) is 14.4 Å². The van der Waals surface area contributed by atoms with Gasteiger partial charge in [-0.05, 0) is 154 Å². The summed E-state index contributed by atoms with van der Waals surface area (Å²) >= 11 is 0. The lowest BCUT2D eigenvalue weighted by molar-refractivity contribution is -0.167. The molecule has 0 rings (SSSR count). The van der Waals surface area contributed by atoms with Gasteiger partial charge in [-0.25, -0.2) is 0 Å². The summed E-state index contributed by atoms with van der Waals surface area (Å²) in [7, 11) is 0. The third kappa shape index (κ3) is 65.2. The number of hydrogen-bond donors (Lipinski definition) is 0. The van der Waals surface area contributed by atoms with E-state index in [1.165, 1.54) is 25.7 Å². The number of esters is 3. The summed E-state index contributed by atoms with van der Waals surface area (Å²) < 4.78 is 16.9. The predicted molar refractivity (Wildman–Crippen MR) is 352 cm³/mol. The summed E-state index contributed by atoms with van der Waals surface area (Å²) in [5.41, 5.74) is 0. The molecule has 0 radical (unpaired) electrons. The van der Waals surface area contributed by atoms with Gasteiger partial charge in [0.15, 0.2) is 6.10 Å². The molecule has 0 spiro atoms. The van der Waals surface area contributed by atoms with Crippen LogP contribution in [-0.2, 0) is 28.6 Å². The summed E-state index contributed by atoms with van der Waals surface area (Å²) in [6.45, 7) is 6.24. The number of hydrogen-bond acceptors (Lipinski definition) is 6. The molecule has 0 aromatic rings. The molecule has 6 heteroatoms. The van der Waals surface area contributed by atoms with Crippen molar-refractivity contribution in [3.8, 4) is 0 Å². The van der Waals surface area contributed by atoms with Gasteiger partial charge in [-0.3, -0.25) is 14.4 Å². The summed E-state index contributed by atoms with van der Waals surface area (Å²) in [6, 6.07) is 0. The average Bonchev–Trinajstić information content (AvgIpc) is 3.47. The predicted octanol–water partition coefficient (Wildman–Crippen LogP) is 22.4. The second-order valence-corrected chi connectivity index (χ2v) is 20.5. The van der Waals surface area contributed by atoms with E-state index in [-0.39, 0.29) is 37.5 Å². The molecule has 0 bridgehead atoms. The highest BCUT2D eigenvalue weighted by Gasteiger charge is 2.19. The molecule has 0 heterocycles. The molecule has 0 aromatic heterocycles. The van der Waals surface area contributed by atoms with Gasteiger partial charge in [0.1, 0.15) is 13.2 Å². The maximum atomic E-state index is 12.9. The number of carbonyl (C=O) groups excluding carboxylic acids is 3. The quantitative estimate of drug-likeness (QED) is 0.0261. The van der Waals surface area contributed by atoms with E-state index in [2.05, 4.69) is 203 Å². The lowest BCUT2D eigenvalue weighted by Gasteiger charge is -2.18. The van der Waals surface area contributed by atoms with E-state index in [0.717, 1.165) is 186 Å². The number of unbranched alkanes of at least 4 members (excludes halogenated alkanes) is 15. The number of rotatable bonds is 56. The van der Waals surface area contributed by atoms with Crippen LogP contribution in [0.25, 0.3) is 0 Å². The fourth-order valence-electron chi connectivity index (χ4n) is 8.17. The monoisotopic (exact) mass is 1110 g/mol. The van der Waals surface area contributed by atoms with Crippen LogP contribution in [0.3, 0.4) is 0 Å². The second kappa shape index (κ2) is 67.0. The average molecular weight is 1110 g/mol. The lowest BCUT2D eigenvalue weighted by Crippen LogP contribution is -2.30. The molecular weight excluding hydrogens is 997 g/mol. The molecule has 0 aliphatic heterocycles. The van der Waals surface area contributed by atoms with Gasteiger partial charge in [-0.15, -0.1) is 0 Å². The van der Waals surface area contributed by atoms with E-state index in [1.54, 1.807) is 0 Å². The highest BCUT2D eigenvalue weighted by molar-refractivity contribution is 5.71. The number of allylic oxidation sites excluding steroid dienone is 30. The molecule has 1 unspecified atom stereocenters. The van der Waals surface area contributed by atoms with E-state index >= 15 is 0 Å². The molecule has 452 valence electrons. The van der Waals surface area contributed by atoms with Crippen LogP contribution < -0.4 is 0 Å². The Morgan fingerprint density at radius 2 is 0.444 bits per heavy atom. The first-order valence-corrected chi connectivity index (χ1v) is 32.3. The van der Waals surface area contributed by atoms with Crippen LogP contribution in [-0.4, -0.2) is 37.2 Å². The van der Waals surface area contributed by atoms with Gasteiger partial charge < -0.3 is 14.2 Å². The zero-order chi connectivity index (χ0) is 58.5. The highest BCUT2D eigenvalue weighted by atomic mass is 16.6. The van der Waals surface area contributed by atoms with Gasteiger partial charge in [-0.1, -0.05) is 261 Å². The molecule has 0 saturated carbocycles. The maximum Gasteiger partial charge on any atom is 0.306 e. The van der Waals surface area contributed by atoms with Gasteiger partial charge >= 0.3 is 17.9 Å². The Balaban J connectivity index is 4.55. The minimum Gasteiger partial charge on any atom is -0.462 e. The van der Waals surface area contributed by atoms with Gasteiger partial charge in [0.05, 0.1) is 0 Å². The zero-order valence-corrected chi connectivity index (χ0v) is 51.7. The highest BCUT2D eigenvalue weighted by Crippen LogP contribution is 2.14. The van der Waals surface area contributed by atoms with Crippen molar-refractivity contribution in [1.29, 1.82) is 0 Å². The fraction of sp³-hybridized carbons (Fsp3) is 0.560. The Labute approximate surface area is 497 Å². The zero-order valence-electron chi connectivity index (χ0n) is 51.7. The van der Waals surface area contributed by atoms with E-state index in [0.29, 0.717) is 12.8 Å². The first-order valence-electron chi connectivity index (χ1n) is 32.3. The molecule has 1 atom stereocenters. The Morgan fingerprint density at radius 1 is 0.247 bits per heavy atom. The Bertz CT molecular complexity index is 1900. The Hall–Kier alpha value is -5.49. The standard InChI is InChI=1S/C75H116O6/c1-4-7-10-13-16-19-22-25-28-31-33-35-36-37-38-40-41-44-47-50-53-56-59-62-65-68-74(77)80-71-72(70-79-73(76)67-64-61-58-55-52-49-46-43-30-27-24-21-18-15-12-9-6-3)81-75(78)69-66-63-60-57-54-51-48-45-42-39-34-32-29-26-23-20-17-14-11-8-5-2/h7-12,16-21,25-30,33-35,37-39,41,44-45,48,50,53,72H,4-6,13-15,22-24,31-32,36,40,42-43,46-47,49,51-52,54-71H2,1-3H3/b10-7-,11-8-,12-9-,19-16-,20-17-,21-18-,28-25-,29-26-,30-27-,35-33-,38-37-,39-34-,44-41-,48-45-,53-50-. The first kappa shape index (κ1) is 75.5. The van der Waals surface area contributed by atoms with Crippen molar-refractivity contribution in [3.05, 3.63) is 182 Å². The SMILES string of the molecule is CC/C=C\C/C=C\C/C=C\C/C=C\C/C=C\C/C=C\C/C=C\CCCCCC(=O)OCC(COC(=O)CCCCCCCCC/C=C\C/C=C\C/C=C\CC)OC(=O)CCCCCCC/C=C\C/C=C\C/C=C\C/C=C\C/C=C\CC. The molecule has 0 fully saturated rings. The van der Waals surface area contributed by atoms with Crippen molar-refractivity contribution < 1.29 is 28.6 Å². The van der Waals surface area contributed by atoms with Crippen LogP contribution in [0.2, 0.25) is 0 Å². The van der Waals surface area contributed by atoms with Crippen molar-refractivity contribution in [3.63, 3.8) is 0 Å². The maximum absolute atomic E-state index is 12.9. The second-order valence-electron chi connectivity index (χ2n) is 20.5. The van der Waals surface area contributed by atoms with Crippen LogP contribution >= 0.6 is 0 Å². The molecule has 0 aromatic carbocycles. The summed E-state index contributed by atoms with van der Waals surface area (Å²) in [5, 5.41) is 0. The normalized spacial score (nSPS) is 13.4. The van der Waals surface area contributed by atoms with Gasteiger partial charge in [0, 0.05) is 19.3 Å². The molecular formula is C75H116O6. The third-order valence-corrected chi connectivity index (χ3v) is 12.9. The number of carbonyl (C=O) groups is 3. The largest absolute Gasteiger partial charge is 0.462 e. The van der Waals surface area contributed by atoms with E-state index < -0.39 is 6.10 Å². The smallest absolute Gasteiger partial charge is 0.306 e. The first-order chi connectivity index (χ1) is 40.0. The van der Waals surface area contributed by atoms with Crippen molar-refractivity contribution in [1.82, 2.24) is 0 Å². The molecule has 0 saturated heterocycles. The van der Waals surface area contributed by atoms with Crippen LogP contribution in [0.1, 0.15) is 252 Å². The van der Waals surface area contributed by atoms with Crippen LogP contribution in [0.4, 0.5) is 0 Å². The summed E-state index contributed by atoms with van der Waals surface area (Å²) in [4.78, 5) is 38.4. The lowest BCUT2D eigenvalue weighted by atomic mass is 10.1. The minimum atomic E-state index is -0.820. The van der Waals surface area contributed by atoms with Crippen molar-refractivity contribution in [2.75, 3.05) is 13.2 Å². The van der Waals surface area contributed by atoms with E-state index in [4.69, 9.17) is 14.2 Å². The molecule has 0 aliphatic rings. The third-order valence-electron chi connectivity index (χ3n) is 12.9. The fourth-order valence-corrected chi connectivity index (χ4v) is 8.17. The van der Waals surface area contributed by atoms with Gasteiger partial charge in [0.2, 0.25) is 0 Å². The van der Waals surface area contributed by atoms with Crippen LogP contribution in [0, 0.1) is 0 Å². The van der Waals surface area contributed by atoms with Crippen LogP contribution in [0.5, 0.6) is 0 Å². The van der Waals surface area contributed by atoms with E-state index in [1.807, 2.05) is 0 Å². The van der Waals surface area contributed by atoms with Crippen LogP contribution in [0.15, 0.2) is 182 Å². The molecule has 81 heavy (non-hydrogen) atoms. The van der Waals surface area contributed by atoms with Crippen molar-refractivity contribution in [2.45, 2.75) is 258 Å². The van der Waals surface area contributed by atoms with Gasteiger partial charge in [-0.2, -0.15) is 0 Å².